The summed E-state index contributed by atoms with van der Waals surface area (Å²) < 4.78 is 5.18. The van der Waals surface area contributed by atoms with Crippen molar-refractivity contribution in [1.82, 2.24) is 0 Å². The molecule has 7 heteroatoms. The van der Waals surface area contributed by atoms with E-state index in [9.17, 15) is 29.7 Å². The van der Waals surface area contributed by atoms with Gasteiger partial charge >= 0.3 is 17.9 Å². The molecule has 9 atom stereocenters. The monoisotopic (exact) mass is 532 g/mol. The number of ether oxygens (including phenoxy) is 1. The molecule has 7 nitrogen and oxygen atoms in total. The van der Waals surface area contributed by atoms with Gasteiger partial charge in [-0.3, -0.25) is 14.4 Å². The number of esters is 1. The quantitative estimate of drug-likeness (QED) is 0.307. The Hall–Kier alpha value is -1.89. The van der Waals surface area contributed by atoms with Gasteiger partial charge in [0.1, 0.15) is 0 Å². The highest BCUT2D eigenvalue weighted by molar-refractivity contribution is 5.78. The first-order valence-corrected chi connectivity index (χ1v) is 14.3. The molecule has 0 heterocycles. The van der Waals surface area contributed by atoms with Crippen LogP contribution in [0.5, 0.6) is 0 Å². The Bertz CT molecular complexity index is 1060. The molecule has 38 heavy (non-hydrogen) atoms. The van der Waals surface area contributed by atoms with Crippen molar-refractivity contribution < 1.29 is 34.4 Å². The van der Waals surface area contributed by atoms with Crippen LogP contribution in [0.1, 0.15) is 99.8 Å². The molecule has 4 aliphatic carbocycles. The fraction of sp³-hybridized carbons (Fsp3) is 0.839. The van der Waals surface area contributed by atoms with Gasteiger partial charge in [0.2, 0.25) is 0 Å². The van der Waals surface area contributed by atoms with E-state index in [2.05, 4.69) is 19.9 Å². The minimum atomic E-state index is -1.15. The predicted octanol–water partition coefficient (Wildman–Crippen LogP) is 5.70. The third kappa shape index (κ3) is 3.59. The first-order chi connectivity index (χ1) is 17.4. The number of allylic oxidation sites excluding steroid dienone is 1. The molecular formula is C31H48O7. The molecule has 0 aromatic carbocycles. The fourth-order valence-electron chi connectivity index (χ4n) is 10.4. The molecule has 0 unspecified atom stereocenters. The summed E-state index contributed by atoms with van der Waals surface area (Å²) in [5, 5.41) is 32.6. The number of hydrogen-bond acceptors (Lipinski definition) is 5. The summed E-state index contributed by atoms with van der Waals surface area (Å²) in [4.78, 5) is 38.1. The van der Waals surface area contributed by atoms with Crippen LogP contribution >= 0.6 is 0 Å². The molecular weight excluding hydrogens is 484 g/mol. The molecule has 214 valence electrons. The van der Waals surface area contributed by atoms with Gasteiger partial charge in [0, 0.05) is 5.92 Å². The number of carboxylic acids is 2. The molecule has 0 aromatic heterocycles. The SMILES string of the molecule is COC(=O)C(C)(C)[C@H]1CC[C@]2(C)[C@@H](CC=C3[C@H]4[C@](C(=O)O)(CC[C@@H](C)[C@@]4(C)O)CC[C@]32C)[C@@]1(C)CC(=O)O. The molecule has 4 rings (SSSR count). The van der Waals surface area contributed by atoms with Crippen molar-refractivity contribution in [2.45, 2.75) is 105 Å². The number of rotatable bonds is 5. The minimum absolute atomic E-state index is 0.0224. The zero-order valence-corrected chi connectivity index (χ0v) is 24.5. The van der Waals surface area contributed by atoms with Gasteiger partial charge in [-0.25, -0.2) is 0 Å². The number of hydrogen-bond donors (Lipinski definition) is 3. The maximum Gasteiger partial charge on any atom is 0.311 e. The zero-order chi connectivity index (χ0) is 28.7. The molecule has 3 N–H and O–H groups in total. The van der Waals surface area contributed by atoms with Gasteiger partial charge in [-0.15, -0.1) is 0 Å². The summed E-state index contributed by atoms with van der Waals surface area (Å²) >= 11 is 0. The van der Waals surface area contributed by atoms with E-state index in [1.165, 1.54) is 7.11 Å². The third-order valence-corrected chi connectivity index (χ3v) is 12.9. The molecule has 0 spiro atoms. The lowest BCUT2D eigenvalue weighted by molar-refractivity contribution is -0.207. The van der Waals surface area contributed by atoms with E-state index in [0.717, 1.165) is 12.0 Å². The molecule has 0 aliphatic heterocycles. The van der Waals surface area contributed by atoms with Gasteiger partial charge in [-0.1, -0.05) is 39.3 Å². The van der Waals surface area contributed by atoms with E-state index in [0.29, 0.717) is 38.5 Å². The maximum absolute atomic E-state index is 12.9. The van der Waals surface area contributed by atoms with Crippen LogP contribution in [0.2, 0.25) is 0 Å². The van der Waals surface area contributed by atoms with E-state index in [4.69, 9.17) is 4.74 Å². The fourth-order valence-corrected chi connectivity index (χ4v) is 10.4. The molecule has 3 saturated carbocycles. The van der Waals surface area contributed by atoms with Crippen molar-refractivity contribution in [2.24, 2.45) is 50.7 Å². The van der Waals surface area contributed by atoms with Gasteiger partial charge in [0.05, 0.1) is 30.0 Å². The largest absolute Gasteiger partial charge is 0.481 e. The lowest BCUT2D eigenvalue weighted by Gasteiger charge is -2.70. The Morgan fingerprint density at radius 2 is 1.66 bits per heavy atom. The van der Waals surface area contributed by atoms with Crippen molar-refractivity contribution in [3.63, 3.8) is 0 Å². The lowest BCUT2D eigenvalue weighted by Crippen LogP contribution is -2.67. The Morgan fingerprint density at radius 1 is 1.03 bits per heavy atom. The second-order valence-electron chi connectivity index (χ2n) is 14.6. The van der Waals surface area contributed by atoms with Crippen LogP contribution in [-0.2, 0) is 19.1 Å². The topological polar surface area (TPSA) is 121 Å². The number of carbonyl (C=O) groups excluding carboxylic acids is 1. The van der Waals surface area contributed by atoms with Crippen LogP contribution in [0, 0.1) is 50.7 Å². The smallest absolute Gasteiger partial charge is 0.311 e. The zero-order valence-electron chi connectivity index (χ0n) is 24.5. The summed E-state index contributed by atoms with van der Waals surface area (Å²) in [7, 11) is 1.38. The van der Waals surface area contributed by atoms with Crippen molar-refractivity contribution >= 4 is 17.9 Å². The summed E-state index contributed by atoms with van der Waals surface area (Å²) in [6.07, 6.45) is 6.65. The average molecular weight is 533 g/mol. The van der Waals surface area contributed by atoms with Crippen LogP contribution in [-0.4, -0.2) is 45.9 Å². The van der Waals surface area contributed by atoms with Gasteiger partial charge in [0.15, 0.2) is 0 Å². The number of carbonyl (C=O) groups is 3. The molecule has 0 bridgehead atoms. The number of aliphatic hydroxyl groups is 1. The first kappa shape index (κ1) is 29.1. The molecule has 0 aromatic rings. The Balaban J connectivity index is 1.89. The Morgan fingerprint density at radius 3 is 2.21 bits per heavy atom. The van der Waals surface area contributed by atoms with Crippen LogP contribution in [0.3, 0.4) is 0 Å². The van der Waals surface area contributed by atoms with Gasteiger partial charge in [-0.05, 0) is 99.7 Å². The normalized spacial score (nSPS) is 46.6. The second kappa shape index (κ2) is 8.81. The van der Waals surface area contributed by atoms with Crippen LogP contribution in [0.15, 0.2) is 11.6 Å². The molecule has 0 radical (unpaired) electrons. The van der Waals surface area contributed by atoms with Crippen molar-refractivity contribution in [3.05, 3.63) is 11.6 Å². The maximum atomic E-state index is 12.9. The Labute approximate surface area is 227 Å². The van der Waals surface area contributed by atoms with Crippen molar-refractivity contribution in [3.8, 4) is 0 Å². The van der Waals surface area contributed by atoms with Gasteiger partial charge in [0.25, 0.3) is 0 Å². The van der Waals surface area contributed by atoms with E-state index < -0.39 is 39.7 Å². The average Bonchev–Trinajstić information content (AvgIpc) is 2.80. The Kier molecular flexibility index (Phi) is 6.74. The number of aliphatic carboxylic acids is 2. The molecule has 0 saturated heterocycles. The number of fused-ring (bicyclic) bond motifs is 5. The number of methoxy groups -OCH3 is 1. The van der Waals surface area contributed by atoms with Crippen LogP contribution < -0.4 is 0 Å². The highest BCUT2D eigenvalue weighted by Gasteiger charge is 2.71. The second-order valence-corrected chi connectivity index (χ2v) is 14.6. The van der Waals surface area contributed by atoms with Crippen LogP contribution in [0.25, 0.3) is 0 Å². The van der Waals surface area contributed by atoms with E-state index in [1.54, 1.807) is 0 Å². The standard InChI is InChI=1S/C31H48O7/c1-18-11-14-31(24(34)35)16-15-28(5)19(23(31)30(18,7)37)9-10-21-27(4,17-22(32)33)20(12-13-29(21,28)6)26(2,3)25(36)38-8/h9,18,20-21,23,37H,10-17H2,1-8H3,(H,32,33)(H,34,35)/t18-,20-,21+,23-,27+,28-,29-,30-,31+/m1/s1. The minimum Gasteiger partial charge on any atom is -0.481 e. The van der Waals surface area contributed by atoms with E-state index in [1.807, 2.05) is 34.6 Å². The van der Waals surface area contributed by atoms with E-state index >= 15 is 0 Å². The summed E-state index contributed by atoms with van der Waals surface area (Å²) in [5.74, 6) is -2.73. The first-order valence-electron chi connectivity index (χ1n) is 14.3. The van der Waals surface area contributed by atoms with E-state index in [-0.39, 0.29) is 41.0 Å². The van der Waals surface area contributed by atoms with Crippen molar-refractivity contribution in [1.29, 1.82) is 0 Å². The predicted molar refractivity (Wildman–Crippen MR) is 143 cm³/mol. The van der Waals surface area contributed by atoms with Crippen molar-refractivity contribution in [2.75, 3.05) is 7.11 Å². The van der Waals surface area contributed by atoms with Crippen LogP contribution in [0.4, 0.5) is 0 Å². The third-order valence-electron chi connectivity index (χ3n) is 12.9. The summed E-state index contributed by atoms with van der Waals surface area (Å²) in [6.45, 7) is 14.1. The molecule has 4 aliphatic rings. The van der Waals surface area contributed by atoms with Gasteiger partial charge < -0.3 is 20.1 Å². The lowest BCUT2D eigenvalue weighted by atomic mass is 9.34. The van der Waals surface area contributed by atoms with Gasteiger partial charge in [-0.2, -0.15) is 0 Å². The molecule has 0 amide bonds. The highest BCUT2D eigenvalue weighted by atomic mass is 16.5. The molecule has 3 fully saturated rings. The number of carboxylic acid groups (broad SMARTS) is 2. The highest BCUT2D eigenvalue weighted by Crippen LogP contribution is 2.75. The summed E-state index contributed by atoms with van der Waals surface area (Å²) in [5.41, 5.74) is -3.30. The summed E-state index contributed by atoms with van der Waals surface area (Å²) in [6, 6.07) is 0.